The number of rotatable bonds is 3. The number of aromatic nitrogens is 2. The highest BCUT2D eigenvalue weighted by molar-refractivity contribution is 7.99. The minimum absolute atomic E-state index is 0.145. The zero-order valence-corrected chi connectivity index (χ0v) is 12.4. The lowest BCUT2D eigenvalue weighted by atomic mass is 10.1. The molecule has 1 aliphatic heterocycles. The van der Waals surface area contributed by atoms with E-state index in [1.165, 1.54) is 0 Å². The first-order chi connectivity index (χ1) is 9.78. The number of hydrogen-bond acceptors (Lipinski definition) is 6. The van der Waals surface area contributed by atoms with Crippen LogP contribution in [0, 0.1) is 6.92 Å². The van der Waals surface area contributed by atoms with E-state index in [4.69, 9.17) is 9.26 Å². The minimum atomic E-state index is 0.145. The van der Waals surface area contributed by atoms with Crippen molar-refractivity contribution in [1.29, 1.82) is 0 Å². The molecule has 0 amide bonds. The van der Waals surface area contributed by atoms with E-state index in [1.807, 2.05) is 36.9 Å². The maximum absolute atomic E-state index is 5.40. The molecule has 3 rings (SSSR count). The van der Waals surface area contributed by atoms with Crippen molar-refractivity contribution in [2.24, 2.45) is 0 Å². The van der Waals surface area contributed by atoms with Gasteiger partial charge >= 0.3 is 0 Å². The van der Waals surface area contributed by atoms with Crippen LogP contribution in [0.5, 0.6) is 5.75 Å². The summed E-state index contributed by atoms with van der Waals surface area (Å²) in [5.41, 5.74) is 2.00. The van der Waals surface area contributed by atoms with Gasteiger partial charge in [-0.25, -0.2) is 0 Å². The molecule has 5 nitrogen and oxygen atoms in total. The average Bonchev–Trinajstić information content (AvgIpc) is 2.97. The molecule has 1 fully saturated rings. The Bertz CT molecular complexity index is 594. The molecule has 0 aliphatic carbocycles. The molecule has 20 heavy (non-hydrogen) atoms. The highest BCUT2D eigenvalue weighted by atomic mass is 32.2. The van der Waals surface area contributed by atoms with Crippen molar-refractivity contribution in [3.8, 4) is 17.1 Å². The summed E-state index contributed by atoms with van der Waals surface area (Å²) in [6.45, 7) is 3.00. The van der Waals surface area contributed by atoms with Gasteiger partial charge in [-0.05, 0) is 24.6 Å². The van der Waals surface area contributed by atoms with Gasteiger partial charge in [0.05, 0.1) is 18.7 Å². The van der Waals surface area contributed by atoms with E-state index in [9.17, 15) is 0 Å². The molecule has 0 radical (unpaired) electrons. The number of methoxy groups -OCH3 is 1. The molecule has 1 aromatic heterocycles. The van der Waals surface area contributed by atoms with Crippen molar-refractivity contribution in [3.05, 3.63) is 29.7 Å². The summed E-state index contributed by atoms with van der Waals surface area (Å²) in [7, 11) is 1.65. The summed E-state index contributed by atoms with van der Waals surface area (Å²) in [5, 5.41) is 7.47. The van der Waals surface area contributed by atoms with Crippen LogP contribution < -0.4 is 10.1 Å². The van der Waals surface area contributed by atoms with Crippen LogP contribution in [0.25, 0.3) is 11.4 Å². The van der Waals surface area contributed by atoms with Crippen molar-refractivity contribution in [2.75, 3.05) is 25.2 Å². The lowest BCUT2D eigenvalue weighted by Crippen LogP contribution is -2.30. The lowest BCUT2D eigenvalue weighted by molar-refractivity contribution is 0.342. The molecule has 2 aromatic rings. The van der Waals surface area contributed by atoms with E-state index in [2.05, 4.69) is 15.5 Å². The quantitative estimate of drug-likeness (QED) is 0.937. The van der Waals surface area contributed by atoms with Gasteiger partial charge in [0.25, 0.3) is 0 Å². The fourth-order valence-electron chi connectivity index (χ4n) is 2.19. The van der Waals surface area contributed by atoms with Gasteiger partial charge in [0.2, 0.25) is 11.7 Å². The molecule has 1 atom stereocenters. The highest BCUT2D eigenvalue weighted by Gasteiger charge is 2.22. The Hall–Kier alpha value is -1.53. The fourth-order valence-corrected chi connectivity index (χ4v) is 3.12. The van der Waals surface area contributed by atoms with E-state index >= 15 is 0 Å². The van der Waals surface area contributed by atoms with Crippen LogP contribution >= 0.6 is 11.8 Å². The largest absolute Gasteiger partial charge is 0.496 e. The minimum Gasteiger partial charge on any atom is -0.496 e. The van der Waals surface area contributed by atoms with E-state index < -0.39 is 0 Å². The Kier molecular flexibility index (Phi) is 3.93. The second-order valence-corrected chi connectivity index (χ2v) is 5.89. The maximum Gasteiger partial charge on any atom is 0.244 e. The standard InChI is InChI=1S/C14H17N3O2S/c1-9-3-4-10(12(7-9)18-2)13-16-14(19-17-13)11-8-20-6-5-15-11/h3-4,7,11,15H,5-6,8H2,1-2H3. The molecule has 1 aliphatic rings. The van der Waals surface area contributed by atoms with Crippen LogP contribution in [0.3, 0.4) is 0 Å². The normalized spacial score (nSPS) is 19.0. The third-order valence-corrected chi connectivity index (χ3v) is 4.32. The summed E-state index contributed by atoms with van der Waals surface area (Å²) in [5.74, 6) is 4.09. The third kappa shape index (κ3) is 2.66. The van der Waals surface area contributed by atoms with Crippen LogP contribution in [0.4, 0.5) is 0 Å². The van der Waals surface area contributed by atoms with Crippen molar-refractivity contribution in [3.63, 3.8) is 0 Å². The molecule has 0 saturated carbocycles. The third-order valence-electron chi connectivity index (χ3n) is 3.26. The van der Waals surface area contributed by atoms with Crippen molar-refractivity contribution in [1.82, 2.24) is 15.5 Å². The van der Waals surface area contributed by atoms with Gasteiger partial charge in [0.15, 0.2) is 0 Å². The van der Waals surface area contributed by atoms with Gasteiger partial charge in [-0.3, -0.25) is 0 Å². The van der Waals surface area contributed by atoms with Crippen LogP contribution in [-0.2, 0) is 0 Å². The van der Waals surface area contributed by atoms with Gasteiger partial charge < -0.3 is 14.6 Å². The van der Waals surface area contributed by atoms with Crippen LogP contribution in [0.2, 0.25) is 0 Å². The van der Waals surface area contributed by atoms with E-state index in [1.54, 1.807) is 7.11 Å². The lowest BCUT2D eigenvalue weighted by Gasteiger charge is -2.19. The number of hydrogen-bond donors (Lipinski definition) is 1. The van der Waals surface area contributed by atoms with Gasteiger partial charge in [0, 0.05) is 18.1 Å². The molecule has 1 aromatic carbocycles. The predicted octanol–water partition coefficient (Wildman–Crippen LogP) is 2.43. The van der Waals surface area contributed by atoms with Crippen LogP contribution in [0.1, 0.15) is 17.5 Å². The van der Waals surface area contributed by atoms with Gasteiger partial charge in [-0.2, -0.15) is 16.7 Å². The van der Waals surface area contributed by atoms with Gasteiger partial charge in [-0.1, -0.05) is 11.2 Å². The Morgan fingerprint density at radius 1 is 1.45 bits per heavy atom. The molecule has 1 unspecified atom stereocenters. The zero-order chi connectivity index (χ0) is 13.9. The zero-order valence-electron chi connectivity index (χ0n) is 11.5. The first kappa shape index (κ1) is 13.5. The number of thioether (sulfide) groups is 1. The molecule has 0 spiro atoms. The van der Waals surface area contributed by atoms with E-state index in [0.29, 0.717) is 11.7 Å². The topological polar surface area (TPSA) is 60.2 Å². The second kappa shape index (κ2) is 5.85. The smallest absolute Gasteiger partial charge is 0.244 e. The molecular weight excluding hydrogens is 274 g/mol. The van der Waals surface area contributed by atoms with Gasteiger partial charge in [-0.15, -0.1) is 0 Å². The maximum atomic E-state index is 5.40. The number of ether oxygens (including phenoxy) is 1. The molecular formula is C14H17N3O2S. The number of aryl methyl sites for hydroxylation is 1. The summed E-state index contributed by atoms with van der Waals surface area (Å²) < 4.78 is 10.8. The van der Waals surface area contributed by atoms with E-state index in [0.717, 1.165) is 34.9 Å². The molecule has 2 heterocycles. The summed E-state index contributed by atoms with van der Waals surface area (Å²) in [6.07, 6.45) is 0. The number of benzene rings is 1. The average molecular weight is 291 g/mol. The Balaban J connectivity index is 1.89. The summed E-state index contributed by atoms with van der Waals surface area (Å²) in [4.78, 5) is 4.51. The summed E-state index contributed by atoms with van der Waals surface area (Å²) in [6, 6.07) is 6.10. The molecule has 6 heteroatoms. The van der Waals surface area contributed by atoms with Crippen LogP contribution in [0.15, 0.2) is 22.7 Å². The number of nitrogens with one attached hydrogen (secondary N) is 1. The molecule has 1 N–H and O–H groups in total. The molecule has 1 saturated heterocycles. The van der Waals surface area contributed by atoms with Crippen molar-refractivity contribution in [2.45, 2.75) is 13.0 Å². The monoisotopic (exact) mass is 291 g/mol. The first-order valence-electron chi connectivity index (χ1n) is 6.57. The van der Waals surface area contributed by atoms with Crippen molar-refractivity contribution < 1.29 is 9.26 Å². The molecule has 106 valence electrons. The SMILES string of the molecule is COc1cc(C)ccc1-c1noc(C2CSCCN2)n1. The van der Waals surface area contributed by atoms with Gasteiger partial charge in [0.1, 0.15) is 5.75 Å². The molecule has 0 bridgehead atoms. The Morgan fingerprint density at radius 3 is 3.10 bits per heavy atom. The Morgan fingerprint density at radius 2 is 2.35 bits per heavy atom. The van der Waals surface area contributed by atoms with Crippen LogP contribution in [-0.4, -0.2) is 35.3 Å². The first-order valence-corrected chi connectivity index (χ1v) is 7.73. The summed E-state index contributed by atoms with van der Waals surface area (Å²) >= 11 is 1.90. The predicted molar refractivity (Wildman–Crippen MR) is 79.1 cm³/mol. The fraction of sp³-hybridized carbons (Fsp3) is 0.429. The van der Waals surface area contributed by atoms with Crippen molar-refractivity contribution >= 4 is 11.8 Å². The second-order valence-electron chi connectivity index (χ2n) is 4.74. The van der Waals surface area contributed by atoms with E-state index in [-0.39, 0.29) is 6.04 Å². The highest BCUT2D eigenvalue weighted by Crippen LogP contribution is 2.30. The number of nitrogens with zero attached hydrogens (tertiary/aromatic N) is 2. The Labute approximate surface area is 122 Å².